The molecule has 0 fully saturated rings. The molecule has 0 aromatic rings. The second-order valence-corrected chi connectivity index (χ2v) is 11.9. The van der Waals surface area contributed by atoms with Crippen LogP contribution in [-0.2, 0) is 38.1 Å². The SMILES string of the molecule is CCC(C)(C)C(=O)OC(C)(C)C(=O)OC(C(F)(F)F)C(F)(F)F.CCC(C)(C)C(=O)OC(C)(C)C(=O)OCC(F)(F)C(F)(F)F. The van der Waals surface area contributed by atoms with Crippen molar-refractivity contribution in [3.8, 4) is 0 Å². The molecule has 0 aromatic heterocycles. The molecule has 0 rings (SSSR count). The van der Waals surface area contributed by atoms with E-state index in [9.17, 15) is 67.5 Å². The summed E-state index contributed by atoms with van der Waals surface area (Å²) in [4.78, 5) is 46.8. The largest absolute Gasteiger partial charge is 0.456 e. The van der Waals surface area contributed by atoms with Crippen LogP contribution in [0.25, 0.3) is 0 Å². The monoisotopic (exact) mass is 686 g/mol. The summed E-state index contributed by atoms with van der Waals surface area (Å²) in [6, 6.07) is 0. The minimum Gasteiger partial charge on any atom is -0.456 e. The summed E-state index contributed by atoms with van der Waals surface area (Å²) in [7, 11) is 0. The Morgan fingerprint density at radius 3 is 1.11 bits per heavy atom. The molecule has 45 heavy (non-hydrogen) atoms. The lowest BCUT2D eigenvalue weighted by Crippen LogP contribution is -2.50. The quantitative estimate of drug-likeness (QED) is 0.127. The van der Waals surface area contributed by atoms with Crippen LogP contribution in [0, 0.1) is 10.8 Å². The summed E-state index contributed by atoms with van der Waals surface area (Å²) in [6.45, 7) is 10.9. The van der Waals surface area contributed by atoms with Crippen LogP contribution in [0.5, 0.6) is 0 Å². The van der Waals surface area contributed by atoms with Crippen LogP contribution in [-0.4, -0.2) is 72.2 Å². The highest BCUT2D eigenvalue weighted by Gasteiger charge is 2.61. The van der Waals surface area contributed by atoms with Gasteiger partial charge in [0.15, 0.2) is 6.61 Å². The molecule has 0 bridgehead atoms. The van der Waals surface area contributed by atoms with Gasteiger partial charge >= 0.3 is 48.3 Å². The molecule has 0 atom stereocenters. The van der Waals surface area contributed by atoms with E-state index in [4.69, 9.17) is 9.47 Å². The Kier molecular flexibility index (Phi) is 14.4. The van der Waals surface area contributed by atoms with Crippen molar-refractivity contribution in [2.75, 3.05) is 6.61 Å². The second-order valence-electron chi connectivity index (χ2n) is 11.9. The third kappa shape index (κ3) is 13.6. The van der Waals surface area contributed by atoms with Crippen molar-refractivity contribution in [2.24, 2.45) is 10.8 Å². The van der Waals surface area contributed by atoms with Crippen LogP contribution >= 0.6 is 0 Å². The normalized spacial score (nSPS) is 13.8. The lowest BCUT2D eigenvalue weighted by atomic mass is 9.90. The van der Waals surface area contributed by atoms with Gasteiger partial charge in [0.2, 0.25) is 11.2 Å². The van der Waals surface area contributed by atoms with Gasteiger partial charge in [0.1, 0.15) is 0 Å². The molecular weight excluding hydrogens is 649 g/mol. The lowest BCUT2D eigenvalue weighted by molar-refractivity contribution is -0.316. The summed E-state index contributed by atoms with van der Waals surface area (Å²) in [5.74, 6) is -10.4. The van der Waals surface area contributed by atoms with Crippen LogP contribution < -0.4 is 0 Å². The molecule has 0 heterocycles. The van der Waals surface area contributed by atoms with Gasteiger partial charge in [-0.1, -0.05) is 13.8 Å². The number of carbonyl (C=O) groups is 4. The van der Waals surface area contributed by atoms with Crippen molar-refractivity contribution in [1.29, 1.82) is 0 Å². The van der Waals surface area contributed by atoms with Crippen LogP contribution in [0.2, 0.25) is 0 Å². The molecule has 0 saturated carbocycles. The molecule has 0 N–H and O–H groups in total. The minimum atomic E-state index is -5.84. The van der Waals surface area contributed by atoms with Crippen molar-refractivity contribution < 1.29 is 86.4 Å². The number of hydrogen-bond donors (Lipinski definition) is 0. The molecule has 0 aliphatic carbocycles. The first-order valence-electron chi connectivity index (χ1n) is 12.9. The molecule has 19 heteroatoms. The summed E-state index contributed by atoms with van der Waals surface area (Å²) >= 11 is 0. The fourth-order valence-electron chi connectivity index (χ4n) is 2.09. The molecule has 0 amide bonds. The summed E-state index contributed by atoms with van der Waals surface area (Å²) in [5, 5.41) is 0. The smallest absolute Gasteiger partial charge is 0.456 e. The van der Waals surface area contributed by atoms with Gasteiger partial charge in [0, 0.05) is 0 Å². The molecule has 0 radical (unpaired) electrons. The zero-order chi connectivity index (χ0) is 36.8. The fourth-order valence-corrected chi connectivity index (χ4v) is 2.09. The highest BCUT2D eigenvalue weighted by molar-refractivity contribution is 5.85. The first kappa shape index (κ1) is 44.2. The minimum absolute atomic E-state index is 0.282. The van der Waals surface area contributed by atoms with Gasteiger partial charge < -0.3 is 18.9 Å². The van der Waals surface area contributed by atoms with Crippen molar-refractivity contribution in [1.82, 2.24) is 0 Å². The van der Waals surface area contributed by atoms with Gasteiger partial charge in [-0.25, -0.2) is 9.59 Å². The van der Waals surface area contributed by atoms with Crippen molar-refractivity contribution in [2.45, 2.75) is 124 Å². The molecule has 0 saturated heterocycles. The van der Waals surface area contributed by atoms with Crippen molar-refractivity contribution in [3.05, 3.63) is 0 Å². The Morgan fingerprint density at radius 2 is 0.844 bits per heavy atom. The molecule has 0 aromatic carbocycles. The Labute approximate surface area is 252 Å². The first-order chi connectivity index (χ1) is 19.5. The summed E-state index contributed by atoms with van der Waals surface area (Å²) in [5.41, 5.74) is -6.29. The summed E-state index contributed by atoms with van der Waals surface area (Å²) in [6.07, 6.45) is -21.1. The van der Waals surface area contributed by atoms with E-state index >= 15 is 0 Å². The molecule has 0 unspecified atom stereocenters. The van der Waals surface area contributed by atoms with E-state index in [0.29, 0.717) is 6.42 Å². The number of ether oxygens (including phenoxy) is 4. The van der Waals surface area contributed by atoms with Crippen molar-refractivity contribution >= 4 is 23.9 Å². The second kappa shape index (κ2) is 14.7. The lowest BCUT2D eigenvalue weighted by Gasteiger charge is -2.31. The van der Waals surface area contributed by atoms with E-state index in [1.165, 1.54) is 27.7 Å². The Balaban J connectivity index is 0. The van der Waals surface area contributed by atoms with Crippen LogP contribution in [0.1, 0.15) is 82.1 Å². The van der Waals surface area contributed by atoms with E-state index in [0.717, 1.165) is 27.7 Å². The molecule has 0 aliphatic heterocycles. The zero-order valence-corrected chi connectivity index (χ0v) is 26.1. The first-order valence-corrected chi connectivity index (χ1v) is 12.9. The number of hydrogen-bond acceptors (Lipinski definition) is 8. The Hall–Kier alpha value is -2.89. The maximum Gasteiger partial charge on any atom is 0.456 e. The van der Waals surface area contributed by atoms with E-state index in [1.807, 2.05) is 0 Å². The van der Waals surface area contributed by atoms with E-state index in [1.54, 1.807) is 13.8 Å². The van der Waals surface area contributed by atoms with Crippen LogP contribution in [0.4, 0.5) is 48.3 Å². The zero-order valence-electron chi connectivity index (χ0n) is 26.1. The summed E-state index contributed by atoms with van der Waals surface area (Å²) < 4.78 is 153. The van der Waals surface area contributed by atoms with E-state index in [2.05, 4.69) is 9.47 Å². The predicted octanol–water partition coefficient (Wildman–Crippen LogP) is 7.27. The molecular formula is C26H37F11O8. The van der Waals surface area contributed by atoms with Gasteiger partial charge in [-0.3, -0.25) is 9.59 Å². The highest BCUT2D eigenvalue weighted by atomic mass is 19.4. The highest BCUT2D eigenvalue weighted by Crippen LogP contribution is 2.38. The molecule has 0 aliphatic rings. The van der Waals surface area contributed by atoms with Crippen LogP contribution in [0.3, 0.4) is 0 Å². The third-order valence-electron chi connectivity index (χ3n) is 6.17. The topological polar surface area (TPSA) is 105 Å². The van der Waals surface area contributed by atoms with Crippen molar-refractivity contribution in [3.63, 3.8) is 0 Å². The molecule has 266 valence electrons. The average molecular weight is 687 g/mol. The third-order valence-corrected chi connectivity index (χ3v) is 6.17. The van der Waals surface area contributed by atoms with Crippen LogP contribution in [0.15, 0.2) is 0 Å². The Morgan fingerprint density at radius 1 is 0.533 bits per heavy atom. The standard InChI is InChI=1S/C13H18F6O4.C13H19F5O4/c1-6-10(2,3)8(20)23-11(4,5)9(21)22-7(12(14,15)16)13(17,18)19;1-6-10(2,3)8(19)22-11(4,5)9(20)21-7-12(14,15)13(16,17)18/h7H,6H2,1-5H3;6-7H2,1-5H3. The van der Waals surface area contributed by atoms with E-state index in [-0.39, 0.29) is 6.42 Å². The number of carbonyl (C=O) groups excluding carboxylic acids is 4. The van der Waals surface area contributed by atoms with Gasteiger partial charge in [0.05, 0.1) is 10.8 Å². The fraction of sp³-hybridized carbons (Fsp3) is 0.846. The number of esters is 4. The van der Waals surface area contributed by atoms with Gasteiger partial charge in [-0.2, -0.15) is 48.3 Å². The van der Waals surface area contributed by atoms with E-state index < -0.39 is 83.1 Å². The maximum absolute atomic E-state index is 12.7. The molecule has 8 nitrogen and oxygen atoms in total. The number of alkyl halides is 11. The predicted molar refractivity (Wildman–Crippen MR) is 132 cm³/mol. The molecule has 0 spiro atoms. The number of rotatable bonds is 11. The Bertz CT molecular complexity index is 1030. The number of halogens is 11. The maximum atomic E-state index is 12.7. The van der Waals surface area contributed by atoms with Gasteiger partial charge in [0.25, 0.3) is 6.10 Å². The average Bonchev–Trinajstić information content (AvgIpc) is 2.83. The van der Waals surface area contributed by atoms with Gasteiger partial charge in [-0.05, 0) is 68.2 Å². The van der Waals surface area contributed by atoms with Gasteiger partial charge in [-0.15, -0.1) is 0 Å².